The lowest BCUT2D eigenvalue weighted by Gasteiger charge is -2.23. The molecule has 3 heterocycles. The minimum absolute atomic E-state index is 0.194. The summed E-state index contributed by atoms with van der Waals surface area (Å²) in [5.41, 5.74) is 9.29. The fourth-order valence-corrected chi connectivity index (χ4v) is 6.15. The molecule has 172 valence electrons. The van der Waals surface area contributed by atoms with Crippen LogP contribution in [0.5, 0.6) is 0 Å². The van der Waals surface area contributed by atoms with E-state index in [1.165, 1.54) is 16.7 Å². The maximum absolute atomic E-state index is 5.19. The number of benzene rings is 3. The molecular formula is C31H22N4S. The first-order chi connectivity index (χ1) is 17.6. The standard InChI is InChI=1S/C31H22N4S/c1-31(2)22-13-7-6-12-21(22)28-26(31)27(19-10-4-3-5-11-19)34-29(35-28)20-16-17-32-24(18-20)30-33-23-14-8-9-15-25(23)36-30/h3-18H,1-2H3. The summed E-state index contributed by atoms with van der Waals surface area (Å²) in [7, 11) is 0. The smallest absolute Gasteiger partial charge is 0.160 e. The van der Waals surface area contributed by atoms with Gasteiger partial charge in [-0.2, -0.15) is 0 Å². The maximum atomic E-state index is 5.19. The molecule has 6 aromatic rings. The number of thiazole rings is 1. The molecule has 3 aromatic carbocycles. The zero-order chi connectivity index (χ0) is 24.3. The molecule has 36 heavy (non-hydrogen) atoms. The summed E-state index contributed by atoms with van der Waals surface area (Å²) in [6.07, 6.45) is 1.83. The van der Waals surface area contributed by atoms with Crippen LogP contribution in [0.1, 0.15) is 25.0 Å². The van der Waals surface area contributed by atoms with Crippen LogP contribution >= 0.6 is 11.3 Å². The monoisotopic (exact) mass is 482 g/mol. The predicted molar refractivity (Wildman–Crippen MR) is 147 cm³/mol. The SMILES string of the molecule is CC1(C)c2ccccc2-c2nc(-c3ccnc(-c4nc5ccccc5s4)c3)nc(-c3ccccc3)c21. The highest BCUT2D eigenvalue weighted by Gasteiger charge is 2.39. The molecule has 5 heteroatoms. The fourth-order valence-electron chi connectivity index (χ4n) is 5.22. The third kappa shape index (κ3) is 3.20. The molecule has 0 radical (unpaired) electrons. The Morgan fingerprint density at radius 3 is 2.31 bits per heavy atom. The van der Waals surface area contributed by atoms with Crippen molar-refractivity contribution in [3.8, 4) is 44.6 Å². The van der Waals surface area contributed by atoms with Crippen LogP contribution in [0.15, 0.2) is 97.2 Å². The summed E-state index contributed by atoms with van der Waals surface area (Å²) >= 11 is 1.65. The number of nitrogens with zero attached hydrogens (tertiary/aromatic N) is 4. The Labute approximate surface area is 213 Å². The Balaban J connectivity index is 1.45. The molecule has 1 aliphatic rings. The second kappa shape index (κ2) is 7.90. The molecule has 0 aliphatic heterocycles. The highest BCUT2D eigenvalue weighted by molar-refractivity contribution is 7.21. The van der Waals surface area contributed by atoms with Crippen LogP contribution < -0.4 is 0 Å². The molecule has 0 amide bonds. The van der Waals surface area contributed by atoms with Gasteiger partial charge in [-0.25, -0.2) is 15.0 Å². The van der Waals surface area contributed by atoms with Gasteiger partial charge in [0, 0.05) is 33.9 Å². The Bertz CT molecular complexity index is 1740. The highest BCUT2D eigenvalue weighted by Crippen LogP contribution is 2.51. The summed E-state index contributed by atoms with van der Waals surface area (Å²) in [4.78, 5) is 19.8. The van der Waals surface area contributed by atoms with Crippen LogP contribution in [0.25, 0.3) is 54.8 Å². The van der Waals surface area contributed by atoms with Crippen LogP contribution in [-0.4, -0.2) is 19.9 Å². The molecule has 1 aliphatic carbocycles. The zero-order valence-corrected chi connectivity index (χ0v) is 20.8. The van der Waals surface area contributed by atoms with E-state index in [9.17, 15) is 0 Å². The van der Waals surface area contributed by atoms with E-state index in [4.69, 9.17) is 15.0 Å². The van der Waals surface area contributed by atoms with E-state index in [1.54, 1.807) is 11.3 Å². The maximum Gasteiger partial charge on any atom is 0.160 e. The van der Waals surface area contributed by atoms with Gasteiger partial charge in [0.25, 0.3) is 0 Å². The van der Waals surface area contributed by atoms with E-state index in [0.717, 1.165) is 43.4 Å². The van der Waals surface area contributed by atoms with Crippen molar-refractivity contribution < 1.29 is 0 Å². The fraction of sp³-hybridized carbons (Fsp3) is 0.0968. The van der Waals surface area contributed by atoms with Crippen molar-refractivity contribution in [2.75, 3.05) is 0 Å². The number of fused-ring (bicyclic) bond motifs is 4. The molecule has 0 unspecified atom stereocenters. The van der Waals surface area contributed by atoms with Crippen LogP contribution in [0.2, 0.25) is 0 Å². The molecule has 0 bridgehead atoms. The van der Waals surface area contributed by atoms with Crippen molar-refractivity contribution >= 4 is 21.6 Å². The Morgan fingerprint density at radius 2 is 1.44 bits per heavy atom. The summed E-state index contributed by atoms with van der Waals surface area (Å²) in [5, 5.41) is 0.897. The van der Waals surface area contributed by atoms with Gasteiger partial charge in [0.1, 0.15) is 5.01 Å². The van der Waals surface area contributed by atoms with Gasteiger partial charge in [0.2, 0.25) is 0 Å². The van der Waals surface area contributed by atoms with Gasteiger partial charge in [-0.1, -0.05) is 80.6 Å². The predicted octanol–water partition coefficient (Wildman–Crippen LogP) is 7.79. The lowest BCUT2D eigenvalue weighted by atomic mass is 9.81. The van der Waals surface area contributed by atoms with E-state index in [-0.39, 0.29) is 5.41 Å². The molecule has 0 spiro atoms. The normalized spacial score (nSPS) is 13.5. The zero-order valence-electron chi connectivity index (χ0n) is 19.9. The molecule has 7 rings (SSSR count). The molecule has 3 aromatic heterocycles. The Morgan fingerprint density at radius 1 is 0.694 bits per heavy atom. The van der Waals surface area contributed by atoms with Crippen LogP contribution in [-0.2, 0) is 5.41 Å². The lowest BCUT2D eigenvalue weighted by molar-refractivity contribution is 0.658. The van der Waals surface area contributed by atoms with Crippen molar-refractivity contribution in [1.29, 1.82) is 0 Å². The molecule has 0 saturated carbocycles. The third-order valence-corrected chi connectivity index (χ3v) is 8.03. The summed E-state index contributed by atoms with van der Waals surface area (Å²) < 4.78 is 1.15. The first-order valence-electron chi connectivity index (χ1n) is 12.0. The minimum atomic E-state index is -0.194. The minimum Gasteiger partial charge on any atom is -0.254 e. The van der Waals surface area contributed by atoms with Gasteiger partial charge in [-0.3, -0.25) is 4.98 Å². The number of hydrogen-bond acceptors (Lipinski definition) is 5. The largest absolute Gasteiger partial charge is 0.254 e. The van der Waals surface area contributed by atoms with Crippen LogP contribution in [0.3, 0.4) is 0 Å². The van der Waals surface area contributed by atoms with Crippen molar-refractivity contribution in [1.82, 2.24) is 19.9 Å². The highest BCUT2D eigenvalue weighted by atomic mass is 32.1. The molecule has 0 N–H and O–H groups in total. The van der Waals surface area contributed by atoms with E-state index >= 15 is 0 Å². The van der Waals surface area contributed by atoms with Gasteiger partial charge >= 0.3 is 0 Å². The van der Waals surface area contributed by atoms with Gasteiger partial charge in [0.05, 0.1) is 27.3 Å². The number of aromatic nitrogens is 4. The van der Waals surface area contributed by atoms with Crippen molar-refractivity contribution in [2.45, 2.75) is 19.3 Å². The topological polar surface area (TPSA) is 51.6 Å². The van der Waals surface area contributed by atoms with E-state index in [2.05, 4.69) is 79.5 Å². The van der Waals surface area contributed by atoms with Gasteiger partial charge in [-0.15, -0.1) is 11.3 Å². The van der Waals surface area contributed by atoms with Crippen LogP contribution in [0, 0.1) is 0 Å². The summed E-state index contributed by atoms with van der Waals surface area (Å²) in [6, 6.07) is 31.2. The van der Waals surface area contributed by atoms with Crippen molar-refractivity contribution in [2.24, 2.45) is 0 Å². The van der Waals surface area contributed by atoms with Gasteiger partial charge in [-0.05, 0) is 29.8 Å². The summed E-state index contributed by atoms with van der Waals surface area (Å²) in [5.74, 6) is 0.699. The lowest BCUT2D eigenvalue weighted by Crippen LogP contribution is -2.17. The second-order valence-corrected chi connectivity index (χ2v) is 10.6. The molecule has 4 nitrogen and oxygen atoms in total. The second-order valence-electron chi connectivity index (χ2n) is 9.57. The molecule has 0 atom stereocenters. The van der Waals surface area contributed by atoms with E-state index in [1.807, 2.05) is 36.5 Å². The van der Waals surface area contributed by atoms with E-state index in [0.29, 0.717) is 5.82 Å². The third-order valence-electron chi connectivity index (χ3n) is 6.97. The number of para-hydroxylation sites is 1. The quantitative estimate of drug-likeness (QED) is 0.258. The number of pyridine rings is 1. The average Bonchev–Trinajstić information content (AvgIpc) is 3.46. The first kappa shape index (κ1) is 21.1. The molecule has 0 fully saturated rings. The Kier molecular flexibility index (Phi) is 4.63. The molecular weight excluding hydrogens is 460 g/mol. The van der Waals surface area contributed by atoms with Gasteiger partial charge < -0.3 is 0 Å². The first-order valence-corrected chi connectivity index (χ1v) is 12.8. The van der Waals surface area contributed by atoms with Crippen LogP contribution in [0.4, 0.5) is 0 Å². The molecule has 0 saturated heterocycles. The van der Waals surface area contributed by atoms with Crippen molar-refractivity contribution in [3.63, 3.8) is 0 Å². The van der Waals surface area contributed by atoms with Gasteiger partial charge in [0.15, 0.2) is 5.82 Å². The summed E-state index contributed by atoms with van der Waals surface area (Å²) in [6.45, 7) is 4.54. The Hall–Kier alpha value is -4.22. The van der Waals surface area contributed by atoms with Crippen molar-refractivity contribution in [3.05, 3.63) is 108 Å². The number of hydrogen-bond donors (Lipinski definition) is 0. The van der Waals surface area contributed by atoms with E-state index < -0.39 is 0 Å². The average molecular weight is 483 g/mol. The number of rotatable bonds is 3.